The Morgan fingerprint density at radius 3 is 2.23 bits per heavy atom. The molecule has 0 aliphatic carbocycles. The SMILES string of the molecule is Cc1ccc(N2C(=O)C(=O)/C(=C(/O)c3ccc(Cl)cc3)C2c2ccc(F)cc2)cc1Cl. The number of halogens is 3. The summed E-state index contributed by atoms with van der Waals surface area (Å²) in [5.41, 5.74) is 1.89. The molecule has 1 fully saturated rings. The zero-order valence-electron chi connectivity index (χ0n) is 16.3. The predicted octanol–water partition coefficient (Wildman–Crippen LogP) is 6.07. The highest BCUT2D eigenvalue weighted by Crippen LogP contribution is 2.43. The van der Waals surface area contributed by atoms with Crippen LogP contribution in [0.2, 0.25) is 10.0 Å². The lowest BCUT2D eigenvalue weighted by atomic mass is 9.95. The van der Waals surface area contributed by atoms with Crippen molar-refractivity contribution in [2.24, 2.45) is 0 Å². The second-order valence-electron chi connectivity index (χ2n) is 7.16. The van der Waals surface area contributed by atoms with E-state index in [1.807, 2.05) is 6.92 Å². The highest BCUT2D eigenvalue weighted by Gasteiger charge is 2.47. The summed E-state index contributed by atoms with van der Waals surface area (Å²) >= 11 is 12.2. The molecule has 4 nitrogen and oxygen atoms in total. The van der Waals surface area contributed by atoms with Gasteiger partial charge in [0.1, 0.15) is 11.6 Å². The summed E-state index contributed by atoms with van der Waals surface area (Å²) in [7, 11) is 0. The summed E-state index contributed by atoms with van der Waals surface area (Å²) in [6.45, 7) is 1.82. The third-order valence-corrected chi connectivity index (χ3v) is 5.84. The molecular formula is C24H16Cl2FNO3. The predicted molar refractivity (Wildman–Crippen MR) is 119 cm³/mol. The van der Waals surface area contributed by atoms with Crippen LogP contribution in [0.5, 0.6) is 0 Å². The molecule has 0 spiro atoms. The number of anilines is 1. The minimum atomic E-state index is -0.963. The van der Waals surface area contributed by atoms with Crippen molar-refractivity contribution in [3.8, 4) is 0 Å². The lowest BCUT2D eigenvalue weighted by Crippen LogP contribution is -2.29. The van der Waals surface area contributed by atoms with Gasteiger partial charge in [-0.25, -0.2) is 4.39 Å². The molecule has 7 heteroatoms. The minimum absolute atomic E-state index is 0.101. The average Bonchev–Trinajstić information content (AvgIpc) is 3.01. The van der Waals surface area contributed by atoms with E-state index >= 15 is 0 Å². The third kappa shape index (κ3) is 3.82. The molecule has 0 radical (unpaired) electrons. The first-order valence-corrected chi connectivity index (χ1v) is 10.1. The van der Waals surface area contributed by atoms with Crippen LogP contribution in [0.1, 0.15) is 22.7 Å². The second kappa shape index (κ2) is 8.17. The highest BCUT2D eigenvalue weighted by molar-refractivity contribution is 6.51. The summed E-state index contributed by atoms with van der Waals surface area (Å²) in [5.74, 6) is -2.47. The number of rotatable bonds is 3. The Labute approximate surface area is 188 Å². The first-order valence-electron chi connectivity index (χ1n) is 9.36. The molecule has 1 aliphatic heterocycles. The van der Waals surface area contributed by atoms with Crippen molar-refractivity contribution in [2.45, 2.75) is 13.0 Å². The van der Waals surface area contributed by atoms with E-state index in [0.717, 1.165) is 5.56 Å². The van der Waals surface area contributed by atoms with Gasteiger partial charge in [-0.2, -0.15) is 0 Å². The van der Waals surface area contributed by atoms with E-state index in [-0.39, 0.29) is 11.3 Å². The number of aliphatic hydroxyl groups excluding tert-OH is 1. The molecule has 1 amide bonds. The van der Waals surface area contributed by atoms with Crippen LogP contribution >= 0.6 is 23.2 Å². The molecule has 3 aromatic carbocycles. The van der Waals surface area contributed by atoms with Crippen molar-refractivity contribution < 1.29 is 19.1 Å². The Bertz CT molecular complexity index is 1220. The fourth-order valence-corrected chi connectivity index (χ4v) is 3.85. The number of ketones is 1. The maximum Gasteiger partial charge on any atom is 0.300 e. The lowest BCUT2D eigenvalue weighted by Gasteiger charge is -2.26. The van der Waals surface area contributed by atoms with E-state index in [1.165, 1.54) is 29.2 Å². The number of carbonyl (C=O) groups excluding carboxylic acids is 2. The molecule has 3 aromatic rings. The zero-order valence-corrected chi connectivity index (χ0v) is 17.8. The van der Waals surface area contributed by atoms with Crippen LogP contribution in [0.15, 0.2) is 72.3 Å². The van der Waals surface area contributed by atoms with Gasteiger partial charge in [0.2, 0.25) is 0 Å². The van der Waals surface area contributed by atoms with Crippen LogP contribution in [0.3, 0.4) is 0 Å². The number of aryl methyl sites for hydroxylation is 1. The summed E-state index contributed by atoms with van der Waals surface area (Å²) in [6, 6.07) is 15.7. The molecule has 1 heterocycles. The molecule has 0 saturated carbocycles. The largest absolute Gasteiger partial charge is 0.507 e. The minimum Gasteiger partial charge on any atom is -0.507 e. The zero-order chi connectivity index (χ0) is 22.3. The van der Waals surface area contributed by atoms with Gasteiger partial charge in [-0.1, -0.05) is 41.4 Å². The molecule has 0 aromatic heterocycles. The number of benzene rings is 3. The normalized spacial score (nSPS) is 17.9. The molecular weight excluding hydrogens is 440 g/mol. The number of amides is 1. The Kier molecular flexibility index (Phi) is 5.56. The van der Waals surface area contributed by atoms with Crippen molar-refractivity contribution in [1.82, 2.24) is 0 Å². The monoisotopic (exact) mass is 455 g/mol. The number of hydrogen-bond acceptors (Lipinski definition) is 3. The first kappa shape index (κ1) is 21.1. The van der Waals surface area contributed by atoms with E-state index in [9.17, 15) is 19.1 Å². The molecule has 156 valence electrons. The van der Waals surface area contributed by atoms with E-state index in [4.69, 9.17) is 23.2 Å². The van der Waals surface area contributed by atoms with Crippen LogP contribution in [0, 0.1) is 12.7 Å². The van der Waals surface area contributed by atoms with E-state index in [2.05, 4.69) is 0 Å². The molecule has 1 aliphatic rings. The molecule has 1 atom stereocenters. The van der Waals surface area contributed by atoms with Crippen LogP contribution in [-0.2, 0) is 9.59 Å². The van der Waals surface area contributed by atoms with Gasteiger partial charge < -0.3 is 5.11 Å². The average molecular weight is 456 g/mol. The van der Waals surface area contributed by atoms with Gasteiger partial charge in [0, 0.05) is 21.3 Å². The smallest absolute Gasteiger partial charge is 0.300 e. The summed E-state index contributed by atoms with van der Waals surface area (Å²) in [5, 5.41) is 11.9. The van der Waals surface area contributed by atoms with Gasteiger partial charge in [-0.3, -0.25) is 14.5 Å². The summed E-state index contributed by atoms with van der Waals surface area (Å²) < 4.78 is 13.6. The molecule has 1 N–H and O–H groups in total. The Hall–Kier alpha value is -3.15. The molecule has 0 bridgehead atoms. The maximum atomic E-state index is 13.6. The topological polar surface area (TPSA) is 57.6 Å². The number of nitrogens with zero attached hydrogens (tertiary/aromatic N) is 1. The van der Waals surface area contributed by atoms with E-state index in [1.54, 1.807) is 42.5 Å². The van der Waals surface area contributed by atoms with Gasteiger partial charge >= 0.3 is 0 Å². The quantitative estimate of drug-likeness (QED) is 0.296. The first-order chi connectivity index (χ1) is 14.8. The van der Waals surface area contributed by atoms with Crippen LogP contribution in [-0.4, -0.2) is 16.8 Å². The van der Waals surface area contributed by atoms with Crippen LogP contribution in [0.4, 0.5) is 10.1 Å². The number of aliphatic hydroxyl groups is 1. The Balaban J connectivity index is 1.95. The Morgan fingerprint density at radius 2 is 1.61 bits per heavy atom. The van der Waals surface area contributed by atoms with E-state index in [0.29, 0.717) is 26.9 Å². The maximum absolute atomic E-state index is 13.6. The van der Waals surface area contributed by atoms with Crippen LogP contribution in [0.25, 0.3) is 5.76 Å². The van der Waals surface area contributed by atoms with Gasteiger partial charge in [0.15, 0.2) is 0 Å². The highest BCUT2D eigenvalue weighted by atomic mass is 35.5. The number of hydrogen-bond donors (Lipinski definition) is 1. The van der Waals surface area contributed by atoms with Gasteiger partial charge in [0.25, 0.3) is 11.7 Å². The summed E-state index contributed by atoms with van der Waals surface area (Å²) in [4.78, 5) is 27.3. The Morgan fingerprint density at radius 1 is 0.968 bits per heavy atom. The van der Waals surface area contributed by atoms with Gasteiger partial charge in [-0.15, -0.1) is 0 Å². The fraction of sp³-hybridized carbons (Fsp3) is 0.0833. The van der Waals surface area contributed by atoms with Crippen molar-refractivity contribution in [1.29, 1.82) is 0 Å². The number of carbonyl (C=O) groups is 2. The van der Waals surface area contributed by atoms with Gasteiger partial charge in [0.05, 0.1) is 11.6 Å². The molecule has 31 heavy (non-hydrogen) atoms. The van der Waals surface area contributed by atoms with E-state index < -0.39 is 23.5 Å². The molecule has 1 unspecified atom stereocenters. The molecule has 1 saturated heterocycles. The third-order valence-electron chi connectivity index (χ3n) is 5.18. The lowest BCUT2D eigenvalue weighted by molar-refractivity contribution is -0.132. The van der Waals surface area contributed by atoms with Crippen molar-refractivity contribution in [2.75, 3.05) is 4.90 Å². The van der Waals surface area contributed by atoms with Crippen LogP contribution < -0.4 is 4.90 Å². The molecule has 4 rings (SSSR count). The second-order valence-corrected chi connectivity index (χ2v) is 8.00. The number of Topliss-reactive ketones (excluding diaryl/α,β-unsaturated/α-hetero) is 1. The van der Waals surface area contributed by atoms with Crippen molar-refractivity contribution >= 4 is 46.3 Å². The van der Waals surface area contributed by atoms with Crippen molar-refractivity contribution in [3.05, 3.63) is 105 Å². The van der Waals surface area contributed by atoms with Crippen molar-refractivity contribution in [3.63, 3.8) is 0 Å². The standard InChI is InChI=1S/C24H16Cl2FNO3/c1-13-2-11-18(12-19(13)26)28-21(14-5-9-17(27)10-6-14)20(23(30)24(28)31)22(29)15-3-7-16(25)8-4-15/h2-12,21,29H,1H3/b22-20+. The summed E-state index contributed by atoms with van der Waals surface area (Å²) in [6.07, 6.45) is 0. The van der Waals surface area contributed by atoms with Gasteiger partial charge in [-0.05, 0) is 66.6 Å². The fourth-order valence-electron chi connectivity index (χ4n) is 3.55.